The summed E-state index contributed by atoms with van der Waals surface area (Å²) in [6.07, 6.45) is 1.72. The van der Waals surface area contributed by atoms with Gasteiger partial charge in [-0.3, -0.25) is 4.79 Å². The number of pyridine rings is 1. The molecule has 0 aliphatic heterocycles. The largest absolute Gasteiger partial charge is 0.325 e. The third-order valence-corrected chi connectivity index (χ3v) is 5.73. The number of rotatable bonds is 6. The first-order valence-electron chi connectivity index (χ1n) is 9.41. The van der Waals surface area contributed by atoms with Gasteiger partial charge in [-0.05, 0) is 42.5 Å². The number of carbonyl (C=O) groups excluding carboxylic acids is 1. The van der Waals surface area contributed by atoms with Gasteiger partial charge in [0.25, 0.3) is 0 Å². The third kappa shape index (κ3) is 4.18. The van der Waals surface area contributed by atoms with E-state index in [0.29, 0.717) is 10.6 Å². The molecule has 0 unspecified atom stereocenters. The van der Waals surface area contributed by atoms with Gasteiger partial charge in [-0.1, -0.05) is 62.0 Å². The maximum atomic E-state index is 12.6. The number of hydrogen-bond acceptors (Lipinski definition) is 4. The van der Waals surface area contributed by atoms with E-state index >= 15 is 0 Å². The Morgan fingerprint density at radius 1 is 1.14 bits per heavy atom. The number of nitriles is 1. The molecule has 0 atom stereocenters. The van der Waals surface area contributed by atoms with Gasteiger partial charge in [-0.15, -0.1) is 0 Å². The van der Waals surface area contributed by atoms with Gasteiger partial charge in [0.2, 0.25) is 5.91 Å². The van der Waals surface area contributed by atoms with Crippen molar-refractivity contribution in [1.82, 2.24) is 4.98 Å². The number of amides is 1. The standard InChI is InChI=1S/C23H23N3OS/c1-4-16-9-7-10-17(5-2)22(16)25-20(27)14-28-23-19(13-24)12-18-11-6-8-15(3)21(18)26-23/h6-12H,4-5,14H2,1-3H3,(H,25,27). The summed E-state index contributed by atoms with van der Waals surface area (Å²) in [7, 11) is 0. The summed E-state index contributed by atoms with van der Waals surface area (Å²) in [6, 6.07) is 16.1. The Labute approximate surface area is 170 Å². The van der Waals surface area contributed by atoms with Crippen LogP contribution in [0.2, 0.25) is 0 Å². The third-order valence-electron chi connectivity index (χ3n) is 4.74. The zero-order valence-corrected chi connectivity index (χ0v) is 17.2. The number of thioether (sulfide) groups is 1. The van der Waals surface area contributed by atoms with Crippen LogP contribution < -0.4 is 5.32 Å². The fraction of sp³-hybridized carbons (Fsp3) is 0.261. The minimum absolute atomic E-state index is 0.0869. The van der Waals surface area contributed by atoms with Crippen LogP contribution in [-0.4, -0.2) is 16.6 Å². The molecule has 0 aliphatic carbocycles. The number of hydrogen-bond donors (Lipinski definition) is 1. The van der Waals surface area contributed by atoms with Gasteiger partial charge in [0, 0.05) is 11.1 Å². The summed E-state index contributed by atoms with van der Waals surface area (Å²) >= 11 is 1.30. The second-order valence-corrected chi connectivity index (χ2v) is 7.56. The highest BCUT2D eigenvalue weighted by Gasteiger charge is 2.13. The minimum atomic E-state index is -0.0869. The summed E-state index contributed by atoms with van der Waals surface area (Å²) in [4.78, 5) is 17.3. The average Bonchev–Trinajstić information content (AvgIpc) is 2.72. The summed E-state index contributed by atoms with van der Waals surface area (Å²) in [5, 5.41) is 14.1. The molecule has 142 valence electrons. The van der Waals surface area contributed by atoms with E-state index in [4.69, 9.17) is 0 Å². The monoisotopic (exact) mass is 389 g/mol. The van der Waals surface area contributed by atoms with Crippen molar-refractivity contribution in [2.75, 3.05) is 11.1 Å². The SMILES string of the molecule is CCc1cccc(CC)c1NC(=O)CSc1nc2c(C)cccc2cc1C#N. The van der Waals surface area contributed by atoms with E-state index in [2.05, 4.69) is 30.2 Å². The zero-order chi connectivity index (χ0) is 20.1. The molecule has 0 saturated heterocycles. The molecule has 0 fully saturated rings. The Kier molecular flexibility index (Phi) is 6.33. The molecule has 1 heterocycles. The molecule has 3 aromatic rings. The molecule has 0 spiro atoms. The van der Waals surface area contributed by atoms with E-state index in [1.54, 1.807) is 0 Å². The number of aromatic nitrogens is 1. The predicted molar refractivity (Wildman–Crippen MR) is 116 cm³/mol. The van der Waals surface area contributed by atoms with E-state index in [1.165, 1.54) is 11.8 Å². The number of aryl methyl sites for hydroxylation is 3. The summed E-state index contributed by atoms with van der Waals surface area (Å²) < 4.78 is 0. The quantitative estimate of drug-likeness (QED) is 0.583. The Hall–Kier alpha value is -2.84. The highest BCUT2D eigenvalue weighted by molar-refractivity contribution is 8.00. The molecule has 1 N–H and O–H groups in total. The van der Waals surface area contributed by atoms with Crippen LogP contribution in [0.4, 0.5) is 5.69 Å². The van der Waals surface area contributed by atoms with Crippen molar-refractivity contribution in [3.05, 3.63) is 64.7 Å². The lowest BCUT2D eigenvalue weighted by molar-refractivity contribution is -0.113. The lowest BCUT2D eigenvalue weighted by Gasteiger charge is -2.14. The van der Waals surface area contributed by atoms with E-state index < -0.39 is 0 Å². The number of fused-ring (bicyclic) bond motifs is 1. The van der Waals surface area contributed by atoms with Crippen LogP contribution in [0.5, 0.6) is 0 Å². The van der Waals surface area contributed by atoms with Crippen molar-refractivity contribution in [2.24, 2.45) is 0 Å². The molecular formula is C23H23N3OS. The van der Waals surface area contributed by atoms with Crippen LogP contribution in [0, 0.1) is 18.3 Å². The van der Waals surface area contributed by atoms with E-state index in [9.17, 15) is 10.1 Å². The molecule has 5 heteroatoms. The summed E-state index contributed by atoms with van der Waals surface area (Å²) in [5.41, 5.74) is 5.61. The lowest BCUT2D eigenvalue weighted by atomic mass is 10.0. The first-order valence-corrected chi connectivity index (χ1v) is 10.4. The van der Waals surface area contributed by atoms with Crippen LogP contribution in [0.1, 0.15) is 36.1 Å². The Balaban J connectivity index is 1.80. The van der Waals surface area contributed by atoms with Crippen LogP contribution in [0.25, 0.3) is 10.9 Å². The molecule has 4 nitrogen and oxygen atoms in total. The highest BCUT2D eigenvalue weighted by atomic mass is 32.2. The van der Waals surface area contributed by atoms with Crippen LogP contribution in [-0.2, 0) is 17.6 Å². The van der Waals surface area contributed by atoms with E-state index in [-0.39, 0.29) is 11.7 Å². The molecule has 28 heavy (non-hydrogen) atoms. The molecule has 0 radical (unpaired) electrons. The van der Waals surface area contributed by atoms with Crippen molar-refractivity contribution in [3.8, 4) is 6.07 Å². The topological polar surface area (TPSA) is 65.8 Å². The normalized spacial score (nSPS) is 10.6. The fourth-order valence-corrected chi connectivity index (χ4v) is 3.99. The lowest BCUT2D eigenvalue weighted by Crippen LogP contribution is -2.17. The van der Waals surface area contributed by atoms with Gasteiger partial charge in [-0.25, -0.2) is 4.98 Å². The smallest absolute Gasteiger partial charge is 0.234 e. The number of anilines is 1. The molecule has 1 amide bonds. The van der Waals surface area contributed by atoms with E-state index in [0.717, 1.165) is 46.1 Å². The first-order chi connectivity index (χ1) is 13.6. The molecule has 0 aliphatic rings. The van der Waals surface area contributed by atoms with Gasteiger partial charge in [0.15, 0.2) is 0 Å². The first kappa shape index (κ1) is 19.9. The highest BCUT2D eigenvalue weighted by Crippen LogP contribution is 2.27. The number of benzene rings is 2. The molecule has 0 saturated carbocycles. The molecule has 2 aromatic carbocycles. The Morgan fingerprint density at radius 2 is 1.82 bits per heavy atom. The Morgan fingerprint density at radius 3 is 2.46 bits per heavy atom. The van der Waals surface area contributed by atoms with Crippen LogP contribution in [0.3, 0.4) is 0 Å². The van der Waals surface area contributed by atoms with Crippen molar-refractivity contribution in [1.29, 1.82) is 5.26 Å². The van der Waals surface area contributed by atoms with Gasteiger partial charge >= 0.3 is 0 Å². The second kappa shape index (κ2) is 8.90. The van der Waals surface area contributed by atoms with Gasteiger partial charge < -0.3 is 5.32 Å². The molecule has 1 aromatic heterocycles. The molecule has 0 bridgehead atoms. The van der Waals surface area contributed by atoms with Crippen molar-refractivity contribution in [3.63, 3.8) is 0 Å². The van der Waals surface area contributed by atoms with Crippen molar-refractivity contribution < 1.29 is 4.79 Å². The number of nitrogens with zero attached hydrogens (tertiary/aromatic N) is 2. The fourth-order valence-electron chi connectivity index (χ4n) is 3.23. The predicted octanol–water partition coefficient (Wildman–Crippen LogP) is 5.27. The minimum Gasteiger partial charge on any atom is -0.325 e. The summed E-state index contributed by atoms with van der Waals surface area (Å²) in [6.45, 7) is 6.16. The van der Waals surface area contributed by atoms with Crippen molar-refractivity contribution in [2.45, 2.75) is 38.6 Å². The number of para-hydroxylation sites is 2. The average molecular weight is 390 g/mol. The number of carbonyl (C=O) groups is 1. The second-order valence-electron chi connectivity index (χ2n) is 6.59. The molecule has 3 rings (SSSR count). The van der Waals surface area contributed by atoms with Gasteiger partial charge in [0.1, 0.15) is 11.1 Å². The van der Waals surface area contributed by atoms with Crippen LogP contribution in [0.15, 0.2) is 47.5 Å². The maximum absolute atomic E-state index is 12.6. The summed E-state index contributed by atoms with van der Waals surface area (Å²) in [5.74, 6) is 0.122. The van der Waals surface area contributed by atoms with Crippen LogP contribution >= 0.6 is 11.8 Å². The number of nitrogens with one attached hydrogen (secondary N) is 1. The van der Waals surface area contributed by atoms with Gasteiger partial charge in [-0.2, -0.15) is 5.26 Å². The Bertz CT molecular complexity index is 1050. The van der Waals surface area contributed by atoms with Gasteiger partial charge in [0.05, 0.1) is 16.8 Å². The maximum Gasteiger partial charge on any atom is 0.234 e. The van der Waals surface area contributed by atoms with Crippen molar-refractivity contribution >= 4 is 34.3 Å². The molecular weight excluding hydrogens is 366 g/mol. The zero-order valence-electron chi connectivity index (χ0n) is 16.4. The van der Waals surface area contributed by atoms with E-state index in [1.807, 2.05) is 49.4 Å².